The van der Waals surface area contributed by atoms with E-state index in [1.807, 2.05) is 6.92 Å². The smallest absolute Gasteiger partial charge is 0.147 e. The lowest BCUT2D eigenvalue weighted by Crippen LogP contribution is -2.09. The monoisotopic (exact) mass is 273 g/mol. The third-order valence-corrected chi connectivity index (χ3v) is 3.62. The van der Waals surface area contributed by atoms with Gasteiger partial charge in [0.15, 0.2) is 0 Å². The summed E-state index contributed by atoms with van der Waals surface area (Å²) in [4.78, 5) is 4.42. The van der Waals surface area contributed by atoms with Crippen LogP contribution < -0.4 is 10.6 Å². The maximum Gasteiger partial charge on any atom is 0.147 e. The fourth-order valence-corrected chi connectivity index (χ4v) is 2.39. The molecule has 94 valence electrons. The molecule has 1 heterocycles. The molecule has 2 rings (SSSR count). The quantitative estimate of drug-likeness (QED) is 0.851. The van der Waals surface area contributed by atoms with E-state index >= 15 is 0 Å². The summed E-state index contributed by atoms with van der Waals surface area (Å²) in [6.45, 7) is 5.00. The molecule has 1 aromatic heterocycles. The van der Waals surface area contributed by atoms with Gasteiger partial charge in [-0.2, -0.15) is 0 Å². The van der Waals surface area contributed by atoms with Crippen LogP contribution in [0, 0.1) is 5.92 Å². The zero-order chi connectivity index (χ0) is 12.4. The Bertz CT molecular complexity index is 409. The van der Waals surface area contributed by atoms with Gasteiger partial charge in [0, 0.05) is 12.6 Å². The molecule has 0 spiro atoms. The molecule has 0 aliphatic heterocycles. The SMILES string of the molecule is CCNc1nc(NC2CC2CC)c(Cl)cc1Cl. The van der Waals surface area contributed by atoms with Crippen molar-refractivity contribution in [2.45, 2.75) is 32.7 Å². The van der Waals surface area contributed by atoms with E-state index in [4.69, 9.17) is 23.2 Å². The second-order valence-corrected chi connectivity index (χ2v) is 5.15. The highest BCUT2D eigenvalue weighted by atomic mass is 35.5. The number of halogens is 2. The molecule has 1 aromatic rings. The van der Waals surface area contributed by atoms with Crippen LogP contribution in [0.5, 0.6) is 0 Å². The second-order valence-electron chi connectivity index (χ2n) is 4.33. The number of rotatable bonds is 5. The highest BCUT2D eigenvalue weighted by molar-refractivity contribution is 6.37. The number of hydrogen-bond acceptors (Lipinski definition) is 3. The van der Waals surface area contributed by atoms with E-state index < -0.39 is 0 Å². The summed E-state index contributed by atoms with van der Waals surface area (Å²) >= 11 is 12.2. The van der Waals surface area contributed by atoms with Gasteiger partial charge < -0.3 is 10.6 Å². The number of aromatic nitrogens is 1. The van der Waals surface area contributed by atoms with Crippen LogP contribution >= 0.6 is 23.2 Å². The average molecular weight is 274 g/mol. The average Bonchev–Trinajstić information content (AvgIpc) is 3.04. The first-order valence-electron chi connectivity index (χ1n) is 6.02. The van der Waals surface area contributed by atoms with E-state index in [-0.39, 0.29) is 0 Å². The van der Waals surface area contributed by atoms with Crippen LogP contribution in [0.4, 0.5) is 11.6 Å². The Kier molecular flexibility index (Phi) is 4.00. The van der Waals surface area contributed by atoms with Gasteiger partial charge in [-0.25, -0.2) is 4.98 Å². The lowest BCUT2D eigenvalue weighted by atomic mass is 10.3. The van der Waals surface area contributed by atoms with Crippen molar-refractivity contribution >= 4 is 34.8 Å². The summed E-state index contributed by atoms with van der Waals surface area (Å²) in [6, 6.07) is 2.25. The third kappa shape index (κ3) is 2.96. The van der Waals surface area contributed by atoms with Crippen molar-refractivity contribution in [2.24, 2.45) is 5.92 Å². The minimum Gasteiger partial charge on any atom is -0.369 e. The minimum absolute atomic E-state index is 0.514. The Hall–Kier alpha value is -0.670. The van der Waals surface area contributed by atoms with Gasteiger partial charge in [-0.15, -0.1) is 0 Å². The highest BCUT2D eigenvalue weighted by Crippen LogP contribution is 2.38. The van der Waals surface area contributed by atoms with Crippen LogP contribution in [0.3, 0.4) is 0 Å². The first-order valence-corrected chi connectivity index (χ1v) is 6.77. The predicted octanol–water partition coefficient (Wildman–Crippen LogP) is 4.03. The van der Waals surface area contributed by atoms with Crippen molar-refractivity contribution in [1.29, 1.82) is 0 Å². The first-order chi connectivity index (χ1) is 8.15. The van der Waals surface area contributed by atoms with E-state index in [0.29, 0.717) is 21.9 Å². The predicted molar refractivity (Wildman–Crippen MR) is 74.2 cm³/mol. The molecular formula is C12H17Cl2N3. The molecule has 1 aliphatic carbocycles. The zero-order valence-electron chi connectivity index (χ0n) is 10.1. The Morgan fingerprint density at radius 1 is 1.29 bits per heavy atom. The second kappa shape index (κ2) is 5.32. The standard InChI is InChI=1S/C12H17Cl2N3/c1-3-7-5-10(7)16-12-9(14)6-8(13)11(17-12)15-4-2/h6-7,10H,3-5H2,1-2H3,(H2,15,16,17). The van der Waals surface area contributed by atoms with Crippen LogP contribution in [0.25, 0.3) is 0 Å². The molecule has 0 aromatic carbocycles. The molecule has 2 atom stereocenters. The van der Waals surface area contributed by atoms with E-state index in [2.05, 4.69) is 22.5 Å². The van der Waals surface area contributed by atoms with Crippen LogP contribution in [0.2, 0.25) is 10.0 Å². The lowest BCUT2D eigenvalue weighted by Gasteiger charge is -2.11. The van der Waals surface area contributed by atoms with Gasteiger partial charge in [0.25, 0.3) is 0 Å². The molecule has 1 aliphatic rings. The Morgan fingerprint density at radius 3 is 2.59 bits per heavy atom. The molecule has 3 nitrogen and oxygen atoms in total. The van der Waals surface area contributed by atoms with E-state index in [9.17, 15) is 0 Å². The molecule has 2 N–H and O–H groups in total. The van der Waals surface area contributed by atoms with Gasteiger partial charge in [-0.3, -0.25) is 0 Å². The normalized spacial score (nSPS) is 22.4. The molecule has 0 radical (unpaired) electrons. The van der Waals surface area contributed by atoms with Crippen molar-refractivity contribution in [3.8, 4) is 0 Å². The van der Waals surface area contributed by atoms with Gasteiger partial charge in [0.05, 0.1) is 10.0 Å². The Balaban J connectivity index is 2.13. The van der Waals surface area contributed by atoms with Crippen molar-refractivity contribution in [3.63, 3.8) is 0 Å². The number of nitrogens with one attached hydrogen (secondary N) is 2. The fourth-order valence-electron chi connectivity index (χ4n) is 1.91. The Labute approximate surface area is 112 Å². The van der Waals surface area contributed by atoms with Crippen molar-refractivity contribution in [3.05, 3.63) is 16.1 Å². The number of anilines is 2. The van der Waals surface area contributed by atoms with E-state index in [1.165, 1.54) is 12.8 Å². The Morgan fingerprint density at radius 2 is 2.00 bits per heavy atom. The molecule has 5 heteroatoms. The van der Waals surface area contributed by atoms with E-state index in [1.54, 1.807) is 6.07 Å². The lowest BCUT2D eigenvalue weighted by molar-refractivity contribution is 0.773. The molecule has 0 amide bonds. The highest BCUT2D eigenvalue weighted by Gasteiger charge is 2.35. The van der Waals surface area contributed by atoms with Crippen molar-refractivity contribution in [1.82, 2.24) is 4.98 Å². The van der Waals surface area contributed by atoms with Gasteiger partial charge in [-0.1, -0.05) is 36.5 Å². The van der Waals surface area contributed by atoms with Gasteiger partial charge >= 0.3 is 0 Å². The van der Waals surface area contributed by atoms with Crippen molar-refractivity contribution in [2.75, 3.05) is 17.2 Å². The summed E-state index contributed by atoms with van der Waals surface area (Å²) < 4.78 is 0. The molecule has 0 saturated heterocycles. The van der Waals surface area contributed by atoms with Gasteiger partial charge in [-0.05, 0) is 25.3 Å². The minimum atomic E-state index is 0.514. The zero-order valence-corrected chi connectivity index (χ0v) is 11.6. The molecular weight excluding hydrogens is 257 g/mol. The first kappa shape index (κ1) is 12.8. The third-order valence-electron chi connectivity index (χ3n) is 3.04. The molecule has 1 fully saturated rings. The molecule has 0 bridgehead atoms. The maximum atomic E-state index is 6.13. The van der Waals surface area contributed by atoms with Crippen LogP contribution in [0.15, 0.2) is 6.07 Å². The number of nitrogens with zero attached hydrogens (tertiary/aromatic N) is 1. The molecule has 2 unspecified atom stereocenters. The molecule has 17 heavy (non-hydrogen) atoms. The summed E-state index contributed by atoms with van der Waals surface area (Å²) in [7, 11) is 0. The maximum absolute atomic E-state index is 6.13. The summed E-state index contributed by atoms with van der Waals surface area (Å²) in [5.41, 5.74) is 0. The topological polar surface area (TPSA) is 37.0 Å². The van der Waals surface area contributed by atoms with E-state index in [0.717, 1.165) is 18.3 Å². The van der Waals surface area contributed by atoms with Crippen LogP contribution in [0.1, 0.15) is 26.7 Å². The summed E-state index contributed by atoms with van der Waals surface area (Å²) in [6.07, 6.45) is 2.40. The summed E-state index contributed by atoms with van der Waals surface area (Å²) in [5, 5.41) is 7.63. The fraction of sp³-hybridized carbons (Fsp3) is 0.583. The molecule has 1 saturated carbocycles. The van der Waals surface area contributed by atoms with Crippen LogP contribution in [-0.4, -0.2) is 17.6 Å². The largest absolute Gasteiger partial charge is 0.369 e. The van der Waals surface area contributed by atoms with Crippen molar-refractivity contribution < 1.29 is 0 Å². The number of pyridine rings is 1. The number of hydrogen-bond donors (Lipinski definition) is 2. The van der Waals surface area contributed by atoms with Gasteiger partial charge in [0.2, 0.25) is 0 Å². The van der Waals surface area contributed by atoms with Gasteiger partial charge in [0.1, 0.15) is 11.6 Å². The van der Waals surface area contributed by atoms with Crippen LogP contribution in [-0.2, 0) is 0 Å². The summed E-state index contributed by atoms with van der Waals surface area (Å²) in [5.74, 6) is 2.17.